The van der Waals surface area contributed by atoms with Crippen molar-refractivity contribution in [3.05, 3.63) is 41.9 Å². The first-order valence-electron chi connectivity index (χ1n) is 7.66. The maximum atomic E-state index is 5.66. The fourth-order valence-electron chi connectivity index (χ4n) is 2.88. The molecular weight excluding hydrogens is 260 g/mol. The Balaban J connectivity index is 1.92. The van der Waals surface area contributed by atoms with Crippen LogP contribution in [-0.4, -0.2) is 16.0 Å². The standard InChI is InChI=1S/C17H22N4/c1-12-19-11-16(14-8-6-13(10-18)7-9-14)17(20-12)21-15-4-2-3-5-15/h6-9,11,15H,2-5,10,18H2,1H3,(H,19,20,21). The molecule has 0 amide bonds. The number of benzene rings is 1. The summed E-state index contributed by atoms with van der Waals surface area (Å²) in [5.41, 5.74) is 8.99. The predicted molar refractivity (Wildman–Crippen MR) is 86.0 cm³/mol. The summed E-state index contributed by atoms with van der Waals surface area (Å²) in [5.74, 6) is 1.76. The molecule has 0 bridgehead atoms. The Morgan fingerprint density at radius 2 is 1.90 bits per heavy atom. The molecule has 3 N–H and O–H groups in total. The van der Waals surface area contributed by atoms with Crippen LogP contribution in [0.2, 0.25) is 0 Å². The van der Waals surface area contributed by atoms with Gasteiger partial charge in [-0.3, -0.25) is 0 Å². The van der Waals surface area contributed by atoms with Crippen LogP contribution in [0.5, 0.6) is 0 Å². The number of hydrogen-bond acceptors (Lipinski definition) is 4. The molecule has 0 unspecified atom stereocenters. The summed E-state index contributed by atoms with van der Waals surface area (Å²) in [7, 11) is 0. The van der Waals surface area contributed by atoms with Crippen LogP contribution >= 0.6 is 0 Å². The van der Waals surface area contributed by atoms with Crippen molar-refractivity contribution < 1.29 is 0 Å². The molecule has 1 saturated carbocycles. The Labute approximate surface area is 125 Å². The zero-order valence-electron chi connectivity index (χ0n) is 12.5. The lowest BCUT2D eigenvalue weighted by Crippen LogP contribution is -2.16. The average Bonchev–Trinajstić information content (AvgIpc) is 3.01. The first kappa shape index (κ1) is 14.0. The van der Waals surface area contributed by atoms with Crippen molar-refractivity contribution in [2.75, 3.05) is 5.32 Å². The molecule has 2 aromatic rings. The molecule has 1 heterocycles. The highest BCUT2D eigenvalue weighted by atomic mass is 15.1. The Hall–Kier alpha value is -1.94. The van der Waals surface area contributed by atoms with Crippen LogP contribution in [0.15, 0.2) is 30.5 Å². The van der Waals surface area contributed by atoms with Crippen molar-refractivity contribution in [1.82, 2.24) is 9.97 Å². The smallest absolute Gasteiger partial charge is 0.137 e. The maximum absolute atomic E-state index is 5.66. The number of nitrogens with one attached hydrogen (secondary N) is 1. The normalized spacial score (nSPS) is 15.3. The minimum Gasteiger partial charge on any atom is -0.367 e. The molecule has 0 aliphatic heterocycles. The molecular formula is C17H22N4. The quantitative estimate of drug-likeness (QED) is 0.903. The van der Waals surface area contributed by atoms with Gasteiger partial charge in [0, 0.05) is 24.3 Å². The van der Waals surface area contributed by atoms with Crippen molar-refractivity contribution in [3.8, 4) is 11.1 Å². The first-order chi connectivity index (χ1) is 10.3. The number of rotatable bonds is 4. The summed E-state index contributed by atoms with van der Waals surface area (Å²) >= 11 is 0. The average molecular weight is 282 g/mol. The summed E-state index contributed by atoms with van der Waals surface area (Å²) in [5, 5.41) is 3.60. The topological polar surface area (TPSA) is 63.8 Å². The first-order valence-corrected chi connectivity index (χ1v) is 7.66. The molecule has 0 spiro atoms. The Morgan fingerprint density at radius 1 is 1.19 bits per heavy atom. The summed E-state index contributed by atoms with van der Waals surface area (Å²) in [6.45, 7) is 2.50. The second-order valence-electron chi connectivity index (χ2n) is 5.71. The molecule has 0 saturated heterocycles. The van der Waals surface area contributed by atoms with Crippen molar-refractivity contribution in [2.24, 2.45) is 5.73 Å². The van der Waals surface area contributed by atoms with Crippen molar-refractivity contribution in [1.29, 1.82) is 0 Å². The lowest BCUT2D eigenvalue weighted by Gasteiger charge is -2.16. The molecule has 1 aromatic heterocycles. The van der Waals surface area contributed by atoms with E-state index in [0.29, 0.717) is 12.6 Å². The van der Waals surface area contributed by atoms with E-state index in [1.54, 1.807) is 0 Å². The number of aromatic nitrogens is 2. The minimum absolute atomic E-state index is 0.543. The molecule has 1 aliphatic carbocycles. The molecule has 0 radical (unpaired) electrons. The zero-order chi connectivity index (χ0) is 14.7. The molecule has 0 atom stereocenters. The van der Waals surface area contributed by atoms with E-state index >= 15 is 0 Å². The Kier molecular flexibility index (Phi) is 4.15. The van der Waals surface area contributed by atoms with Gasteiger partial charge in [-0.05, 0) is 30.9 Å². The van der Waals surface area contributed by atoms with Crippen LogP contribution in [-0.2, 0) is 6.54 Å². The highest BCUT2D eigenvalue weighted by Gasteiger charge is 2.17. The second kappa shape index (κ2) is 6.22. The van der Waals surface area contributed by atoms with Gasteiger partial charge in [0.2, 0.25) is 0 Å². The summed E-state index contributed by atoms with van der Waals surface area (Å²) in [6.07, 6.45) is 6.99. The molecule has 4 heteroatoms. The Morgan fingerprint density at radius 3 is 2.57 bits per heavy atom. The van der Waals surface area contributed by atoms with Gasteiger partial charge in [-0.2, -0.15) is 0 Å². The molecule has 1 aromatic carbocycles. The number of nitrogens with two attached hydrogens (primary N) is 1. The lowest BCUT2D eigenvalue weighted by molar-refractivity contribution is 0.749. The van der Waals surface area contributed by atoms with E-state index in [2.05, 4.69) is 39.6 Å². The lowest BCUT2D eigenvalue weighted by atomic mass is 10.1. The van der Waals surface area contributed by atoms with E-state index in [4.69, 9.17) is 5.73 Å². The van der Waals surface area contributed by atoms with Gasteiger partial charge in [0.15, 0.2) is 0 Å². The van der Waals surface area contributed by atoms with Crippen LogP contribution in [0.1, 0.15) is 37.1 Å². The molecule has 4 nitrogen and oxygen atoms in total. The highest BCUT2D eigenvalue weighted by Crippen LogP contribution is 2.29. The van der Waals surface area contributed by atoms with E-state index < -0.39 is 0 Å². The molecule has 3 rings (SSSR count). The van der Waals surface area contributed by atoms with Gasteiger partial charge in [-0.1, -0.05) is 37.1 Å². The van der Waals surface area contributed by atoms with E-state index in [9.17, 15) is 0 Å². The third-order valence-electron chi connectivity index (χ3n) is 4.11. The summed E-state index contributed by atoms with van der Waals surface area (Å²) in [6, 6.07) is 8.86. The molecule has 1 fully saturated rings. The van der Waals surface area contributed by atoms with Crippen molar-refractivity contribution in [2.45, 2.75) is 45.2 Å². The number of nitrogens with zero attached hydrogens (tertiary/aromatic N) is 2. The van der Waals surface area contributed by atoms with Gasteiger partial charge in [-0.25, -0.2) is 9.97 Å². The Bertz CT molecular complexity index is 601. The summed E-state index contributed by atoms with van der Waals surface area (Å²) < 4.78 is 0. The van der Waals surface area contributed by atoms with Crippen LogP contribution in [0.3, 0.4) is 0 Å². The van der Waals surface area contributed by atoms with Gasteiger partial charge in [0.25, 0.3) is 0 Å². The zero-order valence-corrected chi connectivity index (χ0v) is 12.5. The number of aryl methyl sites for hydroxylation is 1. The molecule has 110 valence electrons. The van der Waals surface area contributed by atoms with E-state index in [1.807, 2.05) is 13.1 Å². The highest BCUT2D eigenvalue weighted by molar-refractivity contribution is 5.74. The van der Waals surface area contributed by atoms with Gasteiger partial charge in [0.05, 0.1) is 0 Å². The summed E-state index contributed by atoms with van der Waals surface area (Å²) in [4.78, 5) is 8.97. The maximum Gasteiger partial charge on any atom is 0.137 e. The van der Waals surface area contributed by atoms with Crippen molar-refractivity contribution in [3.63, 3.8) is 0 Å². The molecule has 21 heavy (non-hydrogen) atoms. The fourth-order valence-corrected chi connectivity index (χ4v) is 2.88. The second-order valence-corrected chi connectivity index (χ2v) is 5.71. The SMILES string of the molecule is Cc1ncc(-c2ccc(CN)cc2)c(NC2CCCC2)n1. The van der Waals surface area contributed by atoms with Gasteiger partial charge in [-0.15, -0.1) is 0 Å². The largest absolute Gasteiger partial charge is 0.367 e. The fraction of sp³-hybridized carbons (Fsp3) is 0.412. The van der Waals surface area contributed by atoms with E-state index in [1.165, 1.54) is 25.7 Å². The number of hydrogen-bond donors (Lipinski definition) is 2. The van der Waals surface area contributed by atoms with Gasteiger partial charge < -0.3 is 11.1 Å². The van der Waals surface area contributed by atoms with Crippen molar-refractivity contribution >= 4 is 5.82 Å². The van der Waals surface area contributed by atoms with Gasteiger partial charge in [0.1, 0.15) is 11.6 Å². The number of anilines is 1. The third-order valence-corrected chi connectivity index (χ3v) is 4.11. The minimum atomic E-state index is 0.543. The van der Waals surface area contributed by atoms with Crippen LogP contribution in [0.25, 0.3) is 11.1 Å². The predicted octanol–water partition coefficient (Wildman–Crippen LogP) is 3.27. The van der Waals surface area contributed by atoms with Crippen LogP contribution < -0.4 is 11.1 Å². The molecule has 1 aliphatic rings. The van der Waals surface area contributed by atoms with Crippen LogP contribution in [0, 0.1) is 6.92 Å². The van der Waals surface area contributed by atoms with E-state index in [0.717, 1.165) is 28.3 Å². The monoisotopic (exact) mass is 282 g/mol. The van der Waals surface area contributed by atoms with Gasteiger partial charge >= 0.3 is 0 Å². The van der Waals surface area contributed by atoms with Crippen LogP contribution in [0.4, 0.5) is 5.82 Å². The van der Waals surface area contributed by atoms with E-state index in [-0.39, 0.29) is 0 Å². The third kappa shape index (κ3) is 3.22.